The van der Waals surface area contributed by atoms with Crippen molar-refractivity contribution in [3.63, 3.8) is 0 Å². The molecule has 3 heteroatoms. The van der Waals surface area contributed by atoms with Crippen LogP contribution in [0.5, 0.6) is 5.75 Å². The van der Waals surface area contributed by atoms with Crippen LogP contribution >= 0.6 is 0 Å². The molecule has 0 heterocycles. The zero-order chi connectivity index (χ0) is 21.8. The lowest BCUT2D eigenvalue weighted by molar-refractivity contribution is -0.117. The van der Waals surface area contributed by atoms with Crippen LogP contribution in [0.4, 0.5) is 5.69 Å². The number of carbonyl (C=O) groups excluding carboxylic acids is 1. The predicted molar refractivity (Wildman–Crippen MR) is 127 cm³/mol. The molecule has 1 fully saturated rings. The summed E-state index contributed by atoms with van der Waals surface area (Å²) < 4.78 is 5.50. The second-order valence-electron chi connectivity index (χ2n) is 8.28. The Morgan fingerprint density at radius 2 is 1.35 bits per heavy atom. The third-order valence-corrected chi connectivity index (χ3v) is 6.46. The number of nitrogens with one attached hydrogen (secondary N) is 1. The number of carbonyl (C=O) groups is 1. The number of benzene rings is 3. The molecule has 0 radical (unpaired) electrons. The highest BCUT2D eigenvalue weighted by atomic mass is 16.5. The number of aryl methyl sites for hydroxylation is 2. The predicted octanol–water partition coefficient (Wildman–Crippen LogP) is 6.15. The maximum absolute atomic E-state index is 13.3. The van der Waals surface area contributed by atoms with Crippen molar-refractivity contribution in [1.82, 2.24) is 0 Å². The van der Waals surface area contributed by atoms with Crippen molar-refractivity contribution >= 4 is 11.6 Å². The van der Waals surface area contributed by atoms with Gasteiger partial charge >= 0.3 is 0 Å². The highest BCUT2D eigenvalue weighted by Gasteiger charge is 2.60. The van der Waals surface area contributed by atoms with Crippen LogP contribution in [0.25, 0.3) is 0 Å². The molecule has 1 unspecified atom stereocenters. The maximum atomic E-state index is 13.3. The molecular weight excluding hydrogens is 382 g/mol. The normalized spacial score (nSPS) is 16.5. The Hall–Kier alpha value is -3.07. The average molecular weight is 414 g/mol. The topological polar surface area (TPSA) is 38.3 Å². The van der Waals surface area contributed by atoms with Crippen LogP contribution in [0, 0.1) is 5.92 Å². The fraction of sp³-hybridized carbons (Fsp3) is 0.321. The summed E-state index contributed by atoms with van der Waals surface area (Å²) in [6, 6.07) is 25.2. The second-order valence-corrected chi connectivity index (χ2v) is 8.28. The summed E-state index contributed by atoms with van der Waals surface area (Å²) in [5.41, 5.74) is 5.62. The first-order valence-corrected chi connectivity index (χ1v) is 11.3. The molecule has 3 aromatic rings. The van der Waals surface area contributed by atoms with Crippen LogP contribution in [-0.4, -0.2) is 12.5 Å². The molecule has 0 aromatic heterocycles. The van der Waals surface area contributed by atoms with E-state index >= 15 is 0 Å². The zero-order valence-electron chi connectivity index (χ0n) is 18.7. The molecule has 4 rings (SSSR count). The first kappa shape index (κ1) is 21.2. The van der Waals surface area contributed by atoms with E-state index < -0.39 is 0 Å². The van der Waals surface area contributed by atoms with Crippen LogP contribution in [0.1, 0.15) is 49.4 Å². The number of hydrogen-bond donors (Lipinski definition) is 1. The molecule has 3 aromatic carbocycles. The number of ether oxygens (including phenoxy) is 1. The Kier molecular flexibility index (Phi) is 6.13. The van der Waals surface area contributed by atoms with Crippen molar-refractivity contribution in [1.29, 1.82) is 0 Å². The van der Waals surface area contributed by atoms with E-state index in [4.69, 9.17) is 4.74 Å². The van der Waals surface area contributed by atoms with Gasteiger partial charge in [-0.05, 0) is 72.7 Å². The van der Waals surface area contributed by atoms with E-state index in [1.807, 2.05) is 31.2 Å². The maximum Gasteiger partial charge on any atom is 0.228 e. The molecule has 160 valence electrons. The lowest BCUT2D eigenvalue weighted by Gasteiger charge is -2.20. The molecule has 0 saturated heterocycles. The van der Waals surface area contributed by atoms with Crippen LogP contribution in [0.2, 0.25) is 0 Å². The molecule has 1 amide bonds. The minimum Gasteiger partial charge on any atom is -0.494 e. The van der Waals surface area contributed by atoms with Gasteiger partial charge < -0.3 is 10.1 Å². The Bertz CT molecular complexity index is 973. The fourth-order valence-corrected chi connectivity index (χ4v) is 4.49. The Morgan fingerprint density at radius 1 is 0.839 bits per heavy atom. The third-order valence-electron chi connectivity index (χ3n) is 6.46. The van der Waals surface area contributed by atoms with Gasteiger partial charge in [0.25, 0.3) is 0 Å². The van der Waals surface area contributed by atoms with E-state index in [9.17, 15) is 4.79 Å². The van der Waals surface area contributed by atoms with Crippen LogP contribution in [0.3, 0.4) is 0 Å². The number of amides is 1. The summed E-state index contributed by atoms with van der Waals surface area (Å²) >= 11 is 0. The molecular formula is C28H31NO2. The first-order valence-electron chi connectivity index (χ1n) is 11.3. The molecule has 0 spiro atoms. The van der Waals surface area contributed by atoms with Crippen molar-refractivity contribution in [2.75, 3.05) is 11.9 Å². The first-order chi connectivity index (χ1) is 15.1. The van der Waals surface area contributed by atoms with Crippen molar-refractivity contribution in [3.8, 4) is 5.75 Å². The van der Waals surface area contributed by atoms with Gasteiger partial charge in [0.05, 0.1) is 12.5 Å². The smallest absolute Gasteiger partial charge is 0.228 e. The summed E-state index contributed by atoms with van der Waals surface area (Å²) in [7, 11) is 0. The van der Waals surface area contributed by atoms with Gasteiger partial charge in [0, 0.05) is 11.1 Å². The molecule has 1 saturated carbocycles. The Morgan fingerprint density at radius 3 is 1.81 bits per heavy atom. The monoisotopic (exact) mass is 413 g/mol. The minimum absolute atomic E-state index is 0.0725. The Balaban J connectivity index is 1.60. The summed E-state index contributed by atoms with van der Waals surface area (Å²) in [6.07, 6.45) is 2.85. The summed E-state index contributed by atoms with van der Waals surface area (Å²) in [4.78, 5) is 13.3. The van der Waals surface area contributed by atoms with Gasteiger partial charge in [-0.2, -0.15) is 0 Å². The minimum atomic E-state index is -0.256. The van der Waals surface area contributed by atoms with E-state index in [0.29, 0.717) is 6.61 Å². The molecule has 1 atom stereocenters. The summed E-state index contributed by atoms with van der Waals surface area (Å²) in [5.74, 6) is 0.801. The highest BCUT2D eigenvalue weighted by molar-refractivity contribution is 5.97. The standard InChI is InChI=1S/C28H31NO2/c1-4-20-7-11-22(12-8-20)28(23-13-9-21(5-2)10-14-23)19-26(28)27(30)29-24-15-17-25(18-16-24)31-6-3/h7-18,26H,4-6,19H2,1-3H3,(H,29,30). The summed E-state index contributed by atoms with van der Waals surface area (Å²) in [5, 5.41) is 3.12. The van der Waals surface area contributed by atoms with Gasteiger partial charge in [-0.1, -0.05) is 62.4 Å². The molecule has 1 N–H and O–H groups in total. The van der Waals surface area contributed by atoms with E-state index in [-0.39, 0.29) is 17.2 Å². The highest BCUT2D eigenvalue weighted by Crippen LogP contribution is 2.59. The van der Waals surface area contributed by atoms with Gasteiger partial charge in [0.1, 0.15) is 5.75 Å². The number of rotatable bonds is 8. The van der Waals surface area contributed by atoms with Crippen molar-refractivity contribution in [2.24, 2.45) is 5.92 Å². The van der Waals surface area contributed by atoms with E-state index in [1.54, 1.807) is 0 Å². The molecule has 1 aliphatic carbocycles. The van der Waals surface area contributed by atoms with Gasteiger partial charge in [0.15, 0.2) is 0 Å². The molecule has 0 bridgehead atoms. The molecule has 31 heavy (non-hydrogen) atoms. The molecule has 0 aliphatic heterocycles. The third kappa shape index (κ3) is 4.23. The average Bonchev–Trinajstić information content (AvgIpc) is 3.58. The number of anilines is 1. The second kappa shape index (κ2) is 8.97. The number of hydrogen-bond acceptors (Lipinski definition) is 2. The fourth-order valence-electron chi connectivity index (χ4n) is 4.49. The molecule has 1 aliphatic rings. The summed E-state index contributed by atoms with van der Waals surface area (Å²) in [6.45, 7) is 6.92. The quantitative estimate of drug-likeness (QED) is 0.481. The van der Waals surface area contributed by atoms with Crippen molar-refractivity contribution in [2.45, 2.75) is 45.4 Å². The van der Waals surface area contributed by atoms with Gasteiger partial charge in [-0.3, -0.25) is 4.79 Å². The van der Waals surface area contributed by atoms with Gasteiger partial charge in [0.2, 0.25) is 5.91 Å². The zero-order valence-corrected chi connectivity index (χ0v) is 18.7. The van der Waals surface area contributed by atoms with Crippen LogP contribution in [-0.2, 0) is 23.1 Å². The van der Waals surface area contributed by atoms with Gasteiger partial charge in [-0.25, -0.2) is 0 Å². The van der Waals surface area contributed by atoms with Crippen molar-refractivity contribution in [3.05, 3.63) is 95.1 Å². The lowest BCUT2D eigenvalue weighted by Crippen LogP contribution is -2.22. The van der Waals surface area contributed by atoms with Crippen LogP contribution < -0.4 is 10.1 Å². The van der Waals surface area contributed by atoms with Crippen LogP contribution in [0.15, 0.2) is 72.8 Å². The molecule has 3 nitrogen and oxygen atoms in total. The largest absolute Gasteiger partial charge is 0.494 e. The van der Waals surface area contributed by atoms with E-state index in [1.165, 1.54) is 22.3 Å². The van der Waals surface area contributed by atoms with Gasteiger partial charge in [-0.15, -0.1) is 0 Å². The SMILES string of the molecule is CCOc1ccc(NC(=O)C2CC2(c2ccc(CC)cc2)c2ccc(CC)cc2)cc1. The van der Waals surface area contributed by atoms with Crippen molar-refractivity contribution < 1.29 is 9.53 Å². The lowest BCUT2D eigenvalue weighted by atomic mass is 9.84. The Labute approximate surface area is 185 Å². The van der Waals surface area contributed by atoms with E-state index in [2.05, 4.69) is 67.7 Å². The van der Waals surface area contributed by atoms with E-state index in [0.717, 1.165) is 30.7 Å².